The van der Waals surface area contributed by atoms with E-state index < -0.39 is 11.6 Å². The van der Waals surface area contributed by atoms with E-state index in [-0.39, 0.29) is 47.4 Å². The minimum atomic E-state index is -1.99. The SMILES string of the molecule is COc1cccc2nc3c(O)c4c(c(O)c3nc12)CC(O)(C(=O)O)CC4. The van der Waals surface area contributed by atoms with E-state index in [1.807, 2.05) is 0 Å². The lowest BCUT2D eigenvalue weighted by Crippen LogP contribution is -2.43. The Balaban J connectivity index is 2.05. The van der Waals surface area contributed by atoms with E-state index in [1.165, 1.54) is 7.11 Å². The third-order valence-electron chi connectivity index (χ3n) is 4.92. The van der Waals surface area contributed by atoms with Crippen molar-refractivity contribution in [1.82, 2.24) is 9.97 Å². The number of aliphatic carboxylic acids is 1. The standard InChI is InChI=1S/C18H16N2O6/c1-26-11-4-2-3-10-12(11)20-14-13(19-10)15(21)8-5-6-18(25,17(23)24)7-9(8)16(14)22/h2-4,21-22,25H,5-7H2,1H3,(H,23,24). The number of methoxy groups -OCH3 is 1. The molecule has 3 aromatic rings. The molecule has 134 valence electrons. The Kier molecular flexibility index (Phi) is 3.42. The summed E-state index contributed by atoms with van der Waals surface area (Å²) in [6, 6.07) is 5.15. The van der Waals surface area contributed by atoms with Crippen LogP contribution in [0.1, 0.15) is 17.5 Å². The number of aliphatic hydroxyl groups is 1. The second-order valence-corrected chi connectivity index (χ2v) is 6.42. The second-order valence-electron chi connectivity index (χ2n) is 6.42. The largest absolute Gasteiger partial charge is 0.505 e. The third kappa shape index (κ3) is 2.15. The molecule has 1 unspecified atom stereocenters. The summed E-state index contributed by atoms with van der Waals surface area (Å²) in [5.74, 6) is -1.35. The van der Waals surface area contributed by atoms with Gasteiger partial charge in [0.25, 0.3) is 0 Å². The Hall–Kier alpha value is -3.13. The molecule has 1 atom stereocenters. The maximum atomic E-state index is 11.4. The average molecular weight is 356 g/mol. The lowest BCUT2D eigenvalue weighted by molar-refractivity contribution is -0.159. The van der Waals surface area contributed by atoms with Crippen LogP contribution in [0, 0.1) is 0 Å². The molecule has 0 fully saturated rings. The number of para-hydroxylation sites is 1. The fourth-order valence-corrected chi connectivity index (χ4v) is 3.47. The van der Waals surface area contributed by atoms with Gasteiger partial charge in [0.1, 0.15) is 33.8 Å². The maximum Gasteiger partial charge on any atom is 0.336 e. The molecule has 1 aliphatic rings. The zero-order valence-electron chi connectivity index (χ0n) is 13.9. The number of rotatable bonds is 2. The van der Waals surface area contributed by atoms with Crippen LogP contribution in [0.2, 0.25) is 0 Å². The first kappa shape index (κ1) is 16.3. The number of phenols is 2. The summed E-state index contributed by atoms with van der Waals surface area (Å²) in [6.45, 7) is 0. The zero-order chi connectivity index (χ0) is 18.6. The molecule has 0 amide bonds. The number of nitrogens with zero attached hydrogens (tertiary/aromatic N) is 2. The number of phenolic OH excluding ortho intramolecular Hbond substituents is 2. The molecule has 0 saturated carbocycles. The number of aromatic hydroxyl groups is 2. The van der Waals surface area contributed by atoms with Crippen molar-refractivity contribution in [3.05, 3.63) is 29.3 Å². The van der Waals surface area contributed by atoms with Gasteiger partial charge in [0.05, 0.1) is 12.6 Å². The summed E-state index contributed by atoms with van der Waals surface area (Å²) in [7, 11) is 1.48. The van der Waals surface area contributed by atoms with Crippen molar-refractivity contribution in [3.8, 4) is 17.2 Å². The molecule has 4 N–H and O–H groups in total. The van der Waals surface area contributed by atoms with Gasteiger partial charge < -0.3 is 25.2 Å². The predicted octanol–water partition coefficient (Wildman–Crippen LogP) is 1.51. The van der Waals surface area contributed by atoms with Crippen LogP contribution >= 0.6 is 0 Å². The molecule has 0 aliphatic heterocycles. The number of benzene rings is 2. The highest BCUT2D eigenvalue weighted by molar-refractivity contribution is 5.97. The molecule has 8 heteroatoms. The number of carboxylic acids is 1. The Morgan fingerprint density at radius 2 is 1.81 bits per heavy atom. The summed E-state index contributed by atoms with van der Waals surface area (Å²) >= 11 is 0. The van der Waals surface area contributed by atoms with Crippen LogP contribution in [-0.2, 0) is 17.6 Å². The average Bonchev–Trinajstić information content (AvgIpc) is 2.64. The second kappa shape index (κ2) is 5.43. The van der Waals surface area contributed by atoms with Gasteiger partial charge in [-0.1, -0.05) is 6.07 Å². The number of hydrogen-bond acceptors (Lipinski definition) is 7. The van der Waals surface area contributed by atoms with E-state index >= 15 is 0 Å². The van der Waals surface area contributed by atoms with Gasteiger partial charge in [0.15, 0.2) is 5.60 Å². The first-order valence-electron chi connectivity index (χ1n) is 8.01. The fourth-order valence-electron chi connectivity index (χ4n) is 3.47. The van der Waals surface area contributed by atoms with Crippen LogP contribution in [0.25, 0.3) is 22.1 Å². The molecule has 8 nitrogen and oxygen atoms in total. The highest BCUT2D eigenvalue weighted by atomic mass is 16.5. The van der Waals surface area contributed by atoms with Crippen molar-refractivity contribution < 1.29 is 30.0 Å². The number of hydrogen-bond donors (Lipinski definition) is 4. The Morgan fingerprint density at radius 1 is 1.12 bits per heavy atom. The molecule has 1 heterocycles. The molecule has 4 rings (SSSR count). The summed E-state index contributed by atoms with van der Waals surface area (Å²) < 4.78 is 5.26. The molecule has 0 bridgehead atoms. The Labute approximate surface area is 147 Å². The van der Waals surface area contributed by atoms with Gasteiger partial charge in [-0.15, -0.1) is 0 Å². The first-order chi connectivity index (χ1) is 12.4. The summed E-state index contributed by atoms with van der Waals surface area (Å²) in [4.78, 5) is 20.1. The third-order valence-corrected chi connectivity index (χ3v) is 4.92. The van der Waals surface area contributed by atoms with Crippen LogP contribution in [0.3, 0.4) is 0 Å². The topological polar surface area (TPSA) is 133 Å². The molecule has 1 aliphatic carbocycles. The van der Waals surface area contributed by atoms with E-state index in [2.05, 4.69) is 9.97 Å². The molecular weight excluding hydrogens is 340 g/mol. The van der Waals surface area contributed by atoms with Gasteiger partial charge in [-0.25, -0.2) is 14.8 Å². The lowest BCUT2D eigenvalue weighted by atomic mass is 9.79. The van der Waals surface area contributed by atoms with Crippen LogP contribution in [0.5, 0.6) is 17.2 Å². The van der Waals surface area contributed by atoms with Crippen molar-refractivity contribution >= 4 is 28.0 Å². The molecular formula is C18H16N2O6. The molecule has 1 aromatic heterocycles. The van der Waals surface area contributed by atoms with E-state index in [0.717, 1.165) is 0 Å². The van der Waals surface area contributed by atoms with Crippen LogP contribution < -0.4 is 4.74 Å². The van der Waals surface area contributed by atoms with Crippen LogP contribution in [0.4, 0.5) is 0 Å². The minimum Gasteiger partial charge on any atom is -0.505 e. The molecule has 0 radical (unpaired) electrons. The molecule has 0 spiro atoms. The van der Waals surface area contributed by atoms with E-state index in [1.54, 1.807) is 18.2 Å². The summed E-state index contributed by atoms with van der Waals surface area (Å²) in [5, 5.41) is 40.9. The van der Waals surface area contributed by atoms with E-state index in [9.17, 15) is 25.2 Å². The van der Waals surface area contributed by atoms with Crippen molar-refractivity contribution in [2.45, 2.75) is 24.9 Å². The number of aromatic nitrogens is 2. The van der Waals surface area contributed by atoms with Crippen molar-refractivity contribution in [2.75, 3.05) is 7.11 Å². The van der Waals surface area contributed by atoms with Crippen molar-refractivity contribution in [1.29, 1.82) is 0 Å². The van der Waals surface area contributed by atoms with Gasteiger partial charge in [-0.3, -0.25) is 0 Å². The Morgan fingerprint density at radius 3 is 2.50 bits per heavy atom. The number of carboxylic acid groups (broad SMARTS) is 1. The lowest BCUT2D eigenvalue weighted by Gasteiger charge is -2.30. The quantitative estimate of drug-likeness (QED) is 0.401. The number of fused-ring (bicyclic) bond motifs is 3. The summed E-state index contributed by atoms with van der Waals surface area (Å²) in [5.41, 5.74) is -0.374. The predicted molar refractivity (Wildman–Crippen MR) is 91.5 cm³/mol. The normalized spacial score (nSPS) is 19.5. The van der Waals surface area contributed by atoms with Gasteiger partial charge in [-0.2, -0.15) is 0 Å². The highest BCUT2D eigenvalue weighted by Gasteiger charge is 2.42. The number of carbonyl (C=O) groups is 1. The molecule has 0 saturated heterocycles. The molecule has 2 aromatic carbocycles. The summed E-state index contributed by atoms with van der Waals surface area (Å²) in [6.07, 6.45) is -0.285. The van der Waals surface area contributed by atoms with Crippen LogP contribution in [-0.4, -0.2) is 49.1 Å². The smallest absolute Gasteiger partial charge is 0.336 e. The maximum absolute atomic E-state index is 11.4. The fraction of sp³-hybridized carbons (Fsp3) is 0.278. The Bertz CT molecular complexity index is 1080. The number of ether oxygens (including phenoxy) is 1. The van der Waals surface area contributed by atoms with Gasteiger partial charge >= 0.3 is 5.97 Å². The minimum absolute atomic E-state index is 0.0351. The van der Waals surface area contributed by atoms with E-state index in [4.69, 9.17) is 4.74 Å². The van der Waals surface area contributed by atoms with Crippen molar-refractivity contribution in [3.63, 3.8) is 0 Å². The molecule has 26 heavy (non-hydrogen) atoms. The van der Waals surface area contributed by atoms with Crippen molar-refractivity contribution in [2.24, 2.45) is 0 Å². The first-order valence-corrected chi connectivity index (χ1v) is 8.01. The monoisotopic (exact) mass is 356 g/mol. The van der Waals surface area contributed by atoms with Crippen LogP contribution in [0.15, 0.2) is 18.2 Å². The van der Waals surface area contributed by atoms with Gasteiger partial charge in [-0.05, 0) is 25.0 Å². The van der Waals surface area contributed by atoms with Gasteiger partial charge in [0.2, 0.25) is 0 Å². The van der Waals surface area contributed by atoms with E-state index in [0.29, 0.717) is 22.3 Å². The zero-order valence-corrected chi connectivity index (χ0v) is 13.9. The highest BCUT2D eigenvalue weighted by Crippen LogP contribution is 2.44. The van der Waals surface area contributed by atoms with Gasteiger partial charge in [0, 0.05) is 17.5 Å².